The largest absolute Gasteiger partial charge is 0.277 e. The Morgan fingerprint density at radius 1 is 1.70 bits per heavy atom. The molecule has 0 saturated heterocycles. The van der Waals surface area contributed by atoms with E-state index in [4.69, 9.17) is 11.6 Å². The second-order valence-electron chi connectivity index (χ2n) is 1.90. The van der Waals surface area contributed by atoms with Crippen molar-refractivity contribution in [2.45, 2.75) is 13.0 Å². The van der Waals surface area contributed by atoms with Gasteiger partial charge in [0.05, 0.1) is 6.04 Å². The highest BCUT2D eigenvalue weighted by molar-refractivity contribution is 7.86. The van der Waals surface area contributed by atoms with Crippen LogP contribution in [0.2, 0.25) is 0 Å². The lowest BCUT2D eigenvalue weighted by Crippen LogP contribution is -2.38. The van der Waals surface area contributed by atoms with E-state index in [0.717, 1.165) is 4.31 Å². The molecule has 1 atom stereocenters. The molecule has 0 aromatic rings. The summed E-state index contributed by atoms with van der Waals surface area (Å²) in [6.45, 7) is 1.57. The number of nitrogens with zero attached hydrogens (tertiary/aromatic N) is 1. The molecule has 1 unspecified atom stereocenters. The third-order valence-electron chi connectivity index (χ3n) is 1.19. The Bertz CT molecular complexity index is 239. The molecule has 0 bridgehead atoms. The van der Waals surface area contributed by atoms with E-state index in [1.54, 1.807) is 6.92 Å². The molecule has 0 amide bonds. The van der Waals surface area contributed by atoms with Crippen molar-refractivity contribution in [1.29, 1.82) is 0 Å². The minimum Gasteiger partial charge on any atom is -0.216 e. The van der Waals surface area contributed by atoms with Gasteiger partial charge in [-0.2, -0.15) is 12.7 Å². The first kappa shape index (κ1) is 9.43. The predicted octanol–water partition coefficient (Wildman–Crippen LogP) is -0.857. The third-order valence-corrected chi connectivity index (χ3v) is 2.31. The monoisotopic (exact) mass is 162 g/mol. The van der Waals surface area contributed by atoms with Gasteiger partial charge in [0.15, 0.2) is 0 Å². The van der Waals surface area contributed by atoms with Crippen molar-refractivity contribution in [3.8, 4) is 12.3 Å². The first-order valence-corrected chi connectivity index (χ1v) is 4.11. The molecule has 0 spiro atoms. The smallest absolute Gasteiger partial charge is 0.216 e. The van der Waals surface area contributed by atoms with E-state index in [1.807, 2.05) is 0 Å². The Kier molecular flexibility index (Phi) is 2.84. The summed E-state index contributed by atoms with van der Waals surface area (Å²) >= 11 is 0. The zero-order chi connectivity index (χ0) is 8.36. The maximum absolute atomic E-state index is 10.5. The minimum absolute atomic E-state index is 0.491. The summed E-state index contributed by atoms with van der Waals surface area (Å²) in [6.07, 6.45) is 4.96. The van der Waals surface area contributed by atoms with Crippen LogP contribution >= 0.6 is 0 Å². The highest BCUT2D eigenvalue weighted by Crippen LogP contribution is 1.96. The average molecular weight is 162 g/mol. The van der Waals surface area contributed by atoms with Gasteiger partial charge < -0.3 is 0 Å². The molecule has 0 fully saturated rings. The highest BCUT2D eigenvalue weighted by atomic mass is 32.2. The molecule has 0 saturated carbocycles. The van der Waals surface area contributed by atoms with E-state index in [-0.39, 0.29) is 0 Å². The van der Waals surface area contributed by atoms with E-state index in [1.165, 1.54) is 7.05 Å². The van der Waals surface area contributed by atoms with Crippen LogP contribution in [0.3, 0.4) is 0 Å². The van der Waals surface area contributed by atoms with Crippen LogP contribution in [0.25, 0.3) is 0 Å². The van der Waals surface area contributed by atoms with Crippen LogP contribution in [0.1, 0.15) is 6.92 Å². The van der Waals surface area contributed by atoms with Crippen LogP contribution in [-0.4, -0.2) is 25.8 Å². The third kappa shape index (κ3) is 2.35. The zero-order valence-electron chi connectivity index (χ0n) is 5.90. The van der Waals surface area contributed by atoms with Crippen molar-refractivity contribution in [3.63, 3.8) is 0 Å². The number of hydrogen-bond acceptors (Lipinski definition) is 2. The Labute approximate surface area is 61.2 Å². The van der Waals surface area contributed by atoms with Gasteiger partial charge in [0.25, 0.3) is 10.2 Å². The Morgan fingerprint density at radius 2 is 2.10 bits per heavy atom. The van der Waals surface area contributed by atoms with Crippen molar-refractivity contribution < 1.29 is 8.42 Å². The predicted molar refractivity (Wildman–Crippen MR) is 39.2 cm³/mol. The summed E-state index contributed by atoms with van der Waals surface area (Å²) in [5.41, 5.74) is 0. The van der Waals surface area contributed by atoms with Gasteiger partial charge in [-0.25, -0.2) is 5.14 Å². The fourth-order valence-corrected chi connectivity index (χ4v) is 0.827. The van der Waals surface area contributed by atoms with Gasteiger partial charge in [0.1, 0.15) is 0 Å². The van der Waals surface area contributed by atoms with Crippen LogP contribution in [0.15, 0.2) is 0 Å². The molecule has 0 aromatic heterocycles. The fraction of sp³-hybridized carbons (Fsp3) is 0.600. The van der Waals surface area contributed by atoms with E-state index in [2.05, 4.69) is 5.92 Å². The molecular weight excluding hydrogens is 152 g/mol. The molecule has 10 heavy (non-hydrogen) atoms. The van der Waals surface area contributed by atoms with Crippen molar-refractivity contribution in [2.24, 2.45) is 5.14 Å². The topological polar surface area (TPSA) is 63.4 Å². The lowest BCUT2D eigenvalue weighted by atomic mass is 10.4. The van der Waals surface area contributed by atoms with E-state index in [0.29, 0.717) is 0 Å². The zero-order valence-corrected chi connectivity index (χ0v) is 6.72. The van der Waals surface area contributed by atoms with Gasteiger partial charge in [-0.15, -0.1) is 6.42 Å². The normalized spacial score (nSPS) is 14.7. The quantitative estimate of drug-likeness (QED) is 0.537. The van der Waals surface area contributed by atoms with Gasteiger partial charge in [-0.05, 0) is 6.92 Å². The summed E-state index contributed by atoms with van der Waals surface area (Å²) in [5, 5.41) is 4.76. The molecular formula is C5H10N2O2S. The molecule has 5 heteroatoms. The van der Waals surface area contributed by atoms with Crippen molar-refractivity contribution in [3.05, 3.63) is 0 Å². The first-order chi connectivity index (χ1) is 4.39. The van der Waals surface area contributed by atoms with Crippen LogP contribution in [-0.2, 0) is 10.2 Å². The van der Waals surface area contributed by atoms with Gasteiger partial charge in [0, 0.05) is 7.05 Å². The molecule has 0 heterocycles. The van der Waals surface area contributed by atoms with Crippen molar-refractivity contribution >= 4 is 10.2 Å². The Balaban J connectivity index is 4.42. The van der Waals surface area contributed by atoms with E-state index >= 15 is 0 Å². The summed E-state index contributed by atoms with van der Waals surface area (Å²) in [7, 11) is -2.29. The molecule has 0 radical (unpaired) electrons. The maximum atomic E-state index is 10.5. The van der Waals surface area contributed by atoms with Crippen LogP contribution < -0.4 is 5.14 Å². The number of nitrogens with two attached hydrogens (primary N) is 1. The lowest BCUT2D eigenvalue weighted by Gasteiger charge is -2.15. The summed E-state index contributed by atoms with van der Waals surface area (Å²) in [5.74, 6) is 2.24. The lowest BCUT2D eigenvalue weighted by molar-refractivity contribution is 0.445. The summed E-state index contributed by atoms with van der Waals surface area (Å²) < 4.78 is 22.0. The van der Waals surface area contributed by atoms with Crippen LogP contribution in [0.4, 0.5) is 0 Å². The number of rotatable bonds is 2. The molecule has 0 aliphatic rings. The standard InChI is InChI=1S/C5H10N2O2S/c1-4-5(2)7(3)10(6,8)9/h1,5H,2-3H3,(H2,6,8,9). The SMILES string of the molecule is C#CC(C)N(C)S(N)(=O)=O. The number of hydrogen-bond donors (Lipinski definition) is 1. The Hall–Kier alpha value is -0.570. The highest BCUT2D eigenvalue weighted by Gasteiger charge is 2.15. The van der Waals surface area contributed by atoms with Crippen LogP contribution in [0, 0.1) is 12.3 Å². The van der Waals surface area contributed by atoms with Crippen LogP contribution in [0.5, 0.6) is 0 Å². The minimum atomic E-state index is -3.62. The van der Waals surface area contributed by atoms with E-state index in [9.17, 15) is 8.42 Å². The Morgan fingerprint density at radius 3 is 2.20 bits per heavy atom. The van der Waals surface area contributed by atoms with Gasteiger partial charge >= 0.3 is 0 Å². The molecule has 0 aromatic carbocycles. The van der Waals surface area contributed by atoms with E-state index < -0.39 is 16.3 Å². The fourth-order valence-electron chi connectivity index (χ4n) is 0.325. The molecule has 0 rings (SSSR count). The first-order valence-electron chi connectivity index (χ1n) is 2.61. The molecule has 0 aliphatic carbocycles. The molecule has 0 aliphatic heterocycles. The van der Waals surface area contributed by atoms with Gasteiger partial charge in [0.2, 0.25) is 0 Å². The second-order valence-corrected chi connectivity index (χ2v) is 3.51. The molecule has 4 nitrogen and oxygen atoms in total. The summed E-state index contributed by atoms with van der Waals surface area (Å²) in [4.78, 5) is 0. The molecule has 2 N–H and O–H groups in total. The molecule has 58 valence electrons. The van der Waals surface area contributed by atoms with Crippen molar-refractivity contribution in [2.75, 3.05) is 7.05 Å². The second kappa shape index (κ2) is 3.01. The van der Waals surface area contributed by atoms with Gasteiger partial charge in [-0.1, -0.05) is 5.92 Å². The maximum Gasteiger partial charge on any atom is 0.277 e. The summed E-state index contributed by atoms with van der Waals surface area (Å²) in [6, 6.07) is -0.491. The average Bonchev–Trinajstić information content (AvgIpc) is 1.83. The van der Waals surface area contributed by atoms with Crippen molar-refractivity contribution in [1.82, 2.24) is 4.31 Å². The number of terminal acetylenes is 1. The van der Waals surface area contributed by atoms with Gasteiger partial charge in [-0.3, -0.25) is 0 Å².